The number of aliphatic hydroxyl groups excluding tert-OH is 4. The Bertz CT molecular complexity index is 476. The summed E-state index contributed by atoms with van der Waals surface area (Å²) < 4.78 is 15.9. The molecule has 2 rings (SSSR count). The molecule has 1 aliphatic rings. The van der Waals surface area contributed by atoms with E-state index in [1.807, 2.05) is 6.92 Å². The fraction of sp³-hybridized carbons (Fsp3) is 0.571. The Kier molecular flexibility index (Phi) is 5.02. The summed E-state index contributed by atoms with van der Waals surface area (Å²) in [5.74, 6) is 0.985. The smallest absolute Gasteiger partial charge is 0.229 e. The minimum Gasteiger partial charge on any atom is -0.496 e. The molecule has 1 aromatic rings. The summed E-state index contributed by atoms with van der Waals surface area (Å²) in [5.41, 5.74) is 0.915. The average Bonchev–Trinajstić information content (AvgIpc) is 2.49. The minimum absolute atomic E-state index is 0.377. The van der Waals surface area contributed by atoms with E-state index in [0.717, 1.165) is 5.56 Å². The topological polar surface area (TPSA) is 109 Å². The Morgan fingerprint density at radius 2 is 1.86 bits per heavy atom. The number of hydrogen-bond donors (Lipinski definition) is 4. The molecule has 0 amide bonds. The molecular formula is C14H20O7. The minimum atomic E-state index is -1.46. The van der Waals surface area contributed by atoms with Gasteiger partial charge < -0.3 is 34.6 Å². The van der Waals surface area contributed by atoms with E-state index in [4.69, 9.17) is 19.3 Å². The number of methoxy groups -OCH3 is 1. The molecule has 0 radical (unpaired) electrons. The molecule has 4 N–H and O–H groups in total. The molecule has 0 aliphatic carbocycles. The van der Waals surface area contributed by atoms with E-state index in [2.05, 4.69) is 0 Å². The SMILES string of the molecule is COc1cc(O[C@@H]2O[C@H](CO)[C@@H](O)[C@@H](O)[C@H]2O)ccc1C. The molecule has 0 saturated carbocycles. The van der Waals surface area contributed by atoms with Crippen LogP contribution in [-0.2, 0) is 4.74 Å². The van der Waals surface area contributed by atoms with Crippen molar-refractivity contribution < 1.29 is 34.6 Å². The normalized spacial score (nSPS) is 32.8. The van der Waals surface area contributed by atoms with Gasteiger partial charge in [-0.05, 0) is 18.6 Å². The van der Waals surface area contributed by atoms with Crippen molar-refractivity contribution in [2.45, 2.75) is 37.6 Å². The van der Waals surface area contributed by atoms with Crippen LogP contribution in [0, 0.1) is 6.92 Å². The number of hydrogen-bond acceptors (Lipinski definition) is 7. The predicted octanol–water partition coefficient (Wildman–Crippen LogP) is -0.818. The van der Waals surface area contributed by atoms with Crippen LogP contribution < -0.4 is 9.47 Å². The summed E-state index contributed by atoms with van der Waals surface area (Å²) >= 11 is 0. The molecule has 1 heterocycles. The van der Waals surface area contributed by atoms with Crippen molar-refractivity contribution in [1.29, 1.82) is 0 Å². The van der Waals surface area contributed by atoms with Crippen LogP contribution in [0.15, 0.2) is 18.2 Å². The standard InChI is InChI=1S/C14H20O7/c1-7-3-4-8(5-9(7)19-2)20-14-13(18)12(17)11(16)10(6-15)21-14/h3-5,10-18H,6H2,1-2H3/t10-,11-,12-,13-,14-/m1/s1. The quantitative estimate of drug-likeness (QED) is 0.575. The Morgan fingerprint density at radius 3 is 2.48 bits per heavy atom. The van der Waals surface area contributed by atoms with Crippen molar-refractivity contribution in [3.63, 3.8) is 0 Å². The zero-order valence-corrected chi connectivity index (χ0v) is 11.8. The van der Waals surface area contributed by atoms with E-state index >= 15 is 0 Å². The zero-order valence-electron chi connectivity index (χ0n) is 11.8. The molecule has 0 unspecified atom stereocenters. The van der Waals surface area contributed by atoms with Gasteiger partial charge >= 0.3 is 0 Å². The van der Waals surface area contributed by atoms with Gasteiger partial charge in [-0.2, -0.15) is 0 Å². The first-order valence-corrected chi connectivity index (χ1v) is 6.59. The number of aliphatic hydroxyl groups is 4. The lowest BCUT2D eigenvalue weighted by atomic mass is 9.99. The van der Waals surface area contributed by atoms with Crippen molar-refractivity contribution in [2.75, 3.05) is 13.7 Å². The summed E-state index contributed by atoms with van der Waals surface area (Å²) in [6.07, 6.45) is -6.51. The molecule has 0 aromatic heterocycles. The Morgan fingerprint density at radius 1 is 1.14 bits per heavy atom. The lowest BCUT2D eigenvalue weighted by Crippen LogP contribution is -2.60. The number of ether oxygens (including phenoxy) is 3. The highest BCUT2D eigenvalue weighted by molar-refractivity contribution is 5.39. The molecule has 1 aliphatic heterocycles. The molecule has 7 nitrogen and oxygen atoms in total. The van der Waals surface area contributed by atoms with Crippen LogP contribution in [0.2, 0.25) is 0 Å². The van der Waals surface area contributed by atoms with Gasteiger partial charge in [0, 0.05) is 6.07 Å². The van der Waals surface area contributed by atoms with E-state index in [0.29, 0.717) is 11.5 Å². The van der Waals surface area contributed by atoms with E-state index in [-0.39, 0.29) is 0 Å². The van der Waals surface area contributed by atoms with Crippen LogP contribution in [0.25, 0.3) is 0 Å². The average molecular weight is 300 g/mol. The van der Waals surface area contributed by atoms with Crippen molar-refractivity contribution in [1.82, 2.24) is 0 Å². The summed E-state index contributed by atoms with van der Waals surface area (Å²) in [4.78, 5) is 0. The summed E-state index contributed by atoms with van der Waals surface area (Å²) in [6, 6.07) is 5.06. The third-order valence-corrected chi connectivity index (χ3v) is 3.48. The summed E-state index contributed by atoms with van der Waals surface area (Å²) in [5, 5.41) is 38.4. The largest absolute Gasteiger partial charge is 0.496 e. The van der Waals surface area contributed by atoms with Crippen LogP contribution in [0.3, 0.4) is 0 Å². The first-order valence-electron chi connectivity index (χ1n) is 6.59. The van der Waals surface area contributed by atoms with Crippen molar-refractivity contribution >= 4 is 0 Å². The predicted molar refractivity (Wildman–Crippen MR) is 72.1 cm³/mol. The maximum Gasteiger partial charge on any atom is 0.229 e. The molecule has 118 valence electrons. The second kappa shape index (κ2) is 6.59. The highest BCUT2D eigenvalue weighted by atomic mass is 16.7. The Hall–Kier alpha value is -1.38. The van der Waals surface area contributed by atoms with Gasteiger partial charge in [-0.15, -0.1) is 0 Å². The first-order chi connectivity index (χ1) is 9.97. The fourth-order valence-corrected chi connectivity index (χ4v) is 2.17. The monoisotopic (exact) mass is 300 g/mol. The van der Waals surface area contributed by atoms with Gasteiger partial charge in [0.2, 0.25) is 6.29 Å². The van der Waals surface area contributed by atoms with Gasteiger partial charge in [0.05, 0.1) is 13.7 Å². The second-order valence-corrected chi connectivity index (χ2v) is 4.95. The third kappa shape index (κ3) is 3.28. The first kappa shape index (κ1) is 16.0. The Balaban J connectivity index is 2.14. The van der Waals surface area contributed by atoms with Crippen LogP contribution >= 0.6 is 0 Å². The molecule has 0 bridgehead atoms. The molecular weight excluding hydrogens is 280 g/mol. The molecule has 21 heavy (non-hydrogen) atoms. The molecule has 1 saturated heterocycles. The maximum absolute atomic E-state index is 9.89. The van der Waals surface area contributed by atoms with Gasteiger partial charge in [-0.3, -0.25) is 0 Å². The highest BCUT2D eigenvalue weighted by Gasteiger charge is 2.44. The van der Waals surface area contributed by atoms with Gasteiger partial charge in [0.1, 0.15) is 35.9 Å². The molecule has 1 aromatic carbocycles. The van der Waals surface area contributed by atoms with E-state index in [1.54, 1.807) is 18.2 Å². The van der Waals surface area contributed by atoms with Crippen molar-refractivity contribution in [2.24, 2.45) is 0 Å². The second-order valence-electron chi connectivity index (χ2n) is 4.95. The molecule has 1 fully saturated rings. The van der Waals surface area contributed by atoms with Gasteiger partial charge in [-0.1, -0.05) is 6.07 Å². The van der Waals surface area contributed by atoms with Gasteiger partial charge in [-0.25, -0.2) is 0 Å². The highest BCUT2D eigenvalue weighted by Crippen LogP contribution is 2.28. The van der Waals surface area contributed by atoms with Gasteiger partial charge in [0.25, 0.3) is 0 Å². The maximum atomic E-state index is 9.89. The van der Waals surface area contributed by atoms with Crippen LogP contribution in [-0.4, -0.2) is 64.8 Å². The van der Waals surface area contributed by atoms with Crippen molar-refractivity contribution in [3.8, 4) is 11.5 Å². The van der Waals surface area contributed by atoms with Crippen LogP contribution in [0.5, 0.6) is 11.5 Å². The lowest BCUT2D eigenvalue weighted by molar-refractivity contribution is -0.277. The summed E-state index contributed by atoms with van der Waals surface area (Å²) in [6.45, 7) is 1.37. The fourth-order valence-electron chi connectivity index (χ4n) is 2.17. The molecule has 5 atom stereocenters. The summed E-state index contributed by atoms with van der Waals surface area (Å²) in [7, 11) is 1.53. The third-order valence-electron chi connectivity index (χ3n) is 3.48. The Labute approximate surface area is 122 Å². The van der Waals surface area contributed by atoms with E-state index in [1.165, 1.54) is 7.11 Å². The van der Waals surface area contributed by atoms with E-state index < -0.39 is 37.3 Å². The zero-order chi connectivity index (χ0) is 15.6. The number of benzene rings is 1. The number of aryl methyl sites for hydroxylation is 1. The van der Waals surface area contributed by atoms with Gasteiger partial charge in [0.15, 0.2) is 0 Å². The van der Waals surface area contributed by atoms with Crippen LogP contribution in [0.4, 0.5) is 0 Å². The lowest BCUT2D eigenvalue weighted by Gasteiger charge is -2.39. The molecule has 0 spiro atoms. The molecule has 7 heteroatoms. The van der Waals surface area contributed by atoms with E-state index in [9.17, 15) is 15.3 Å². The van der Waals surface area contributed by atoms with Crippen molar-refractivity contribution in [3.05, 3.63) is 23.8 Å². The van der Waals surface area contributed by atoms with Crippen LogP contribution in [0.1, 0.15) is 5.56 Å². The number of rotatable bonds is 4.